The zero-order valence-corrected chi connectivity index (χ0v) is 12.5. The highest BCUT2D eigenvalue weighted by Crippen LogP contribution is 2.33. The molecule has 0 bridgehead atoms. The molecular weight excluding hydrogens is 282 g/mol. The Hall–Kier alpha value is -1.44. The lowest BCUT2D eigenvalue weighted by atomic mass is 9.91. The van der Waals surface area contributed by atoms with Crippen LogP contribution in [0.1, 0.15) is 32.0 Å². The second kappa shape index (κ2) is 5.90. The summed E-state index contributed by atoms with van der Waals surface area (Å²) in [6.07, 6.45) is 1.84. The van der Waals surface area contributed by atoms with Crippen molar-refractivity contribution < 1.29 is 17.9 Å². The highest BCUT2D eigenvalue weighted by atomic mass is 32.2. The number of aryl methyl sites for hydroxylation is 1. The molecule has 2 atom stereocenters. The quantitative estimate of drug-likeness (QED) is 0.730. The lowest BCUT2D eigenvalue weighted by Gasteiger charge is -2.20. The van der Waals surface area contributed by atoms with Gasteiger partial charge in [-0.25, -0.2) is 18.1 Å². The van der Waals surface area contributed by atoms with Gasteiger partial charge in [-0.2, -0.15) is 5.10 Å². The molecule has 1 aromatic heterocycles. The topological polar surface area (TPSA) is 91.2 Å². The molecule has 0 saturated carbocycles. The predicted molar refractivity (Wildman–Crippen MR) is 71.8 cm³/mol. The number of aromatic nitrogens is 3. The van der Waals surface area contributed by atoms with Gasteiger partial charge in [-0.05, 0) is 26.2 Å². The Labute approximate surface area is 118 Å². The predicted octanol–water partition coefficient (Wildman–Crippen LogP) is 0.379. The first-order valence-corrected chi connectivity index (χ1v) is 8.55. The Morgan fingerprint density at radius 2 is 2.30 bits per heavy atom. The number of carbonyl (C=O) groups excluding carboxylic acids is 1. The number of ether oxygens (including phenoxy) is 1. The van der Waals surface area contributed by atoms with Crippen molar-refractivity contribution in [2.45, 2.75) is 32.7 Å². The fourth-order valence-corrected chi connectivity index (χ4v) is 4.42. The Balaban J connectivity index is 2.33. The van der Waals surface area contributed by atoms with Crippen LogP contribution in [0.2, 0.25) is 0 Å². The molecule has 112 valence electrons. The van der Waals surface area contributed by atoms with E-state index in [0.717, 1.165) is 0 Å². The van der Waals surface area contributed by atoms with Crippen molar-refractivity contribution in [1.82, 2.24) is 14.8 Å². The maximum Gasteiger partial charge on any atom is 0.316 e. The second-order valence-electron chi connectivity index (χ2n) is 4.83. The number of esters is 1. The van der Waals surface area contributed by atoms with Crippen molar-refractivity contribution in [2.75, 3.05) is 18.1 Å². The summed E-state index contributed by atoms with van der Waals surface area (Å²) in [7, 11) is -3.06. The van der Waals surface area contributed by atoms with E-state index >= 15 is 0 Å². The average molecular weight is 301 g/mol. The molecule has 7 nitrogen and oxygen atoms in total. The first-order chi connectivity index (χ1) is 9.48. The van der Waals surface area contributed by atoms with E-state index in [2.05, 4.69) is 10.1 Å². The zero-order chi connectivity index (χ0) is 14.8. The minimum absolute atomic E-state index is 0.00700. The van der Waals surface area contributed by atoms with Gasteiger partial charge in [0.05, 0.1) is 18.1 Å². The highest BCUT2D eigenvalue weighted by molar-refractivity contribution is 7.91. The van der Waals surface area contributed by atoms with Crippen LogP contribution < -0.4 is 0 Å². The Kier molecular flexibility index (Phi) is 4.42. The maximum absolute atomic E-state index is 12.2. The van der Waals surface area contributed by atoms with Gasteiger partial charge >= 0.3 is 5.97 Å². The molecule has 0 spiro atoms. The van der Waals surface area contributed by atoms with Crippen molar-refractivity contribution in [2.24, 2.45) is 5.92 Å². The molecule has 2 heterocycles. The maximum atomic E-state index is 12.2. The normalized spacial score (nSPS) is 22.6. The number of carbonyl (C=O) groups is 1. The van der Waals surface area contributed by atoms with E-state index in [1.165, 1.54) is 6.33 Å². The summed E-state index contributed by atoms with van der Waals surface area (Å²) in [5.41, 5.74) is 0. The van der Waals surface area contributed by atoms with E-state index in [9.17, 15) is 13.2 Å². The first-order valence-electron chi connectivity index (χ1n) is 6.73. The smallest absolute Gasteiger partial charge is 0.316 e. The molecule has 0 aromatic carbocycles. The Morgan fingerprint density at radius 3 is 2.85 bits per heavy atom. The molecule has 2 rings (SSSR count). The summed E-state index contributed by atoms with van der Waals surface area (Å²) >= 11 is 0. The molecule has 1 aromatic rings. The standard InChI is InChI=1S/C12H19N3O4S/c1-3-15-11(13-8-14-15)10(12(16)19-4-2)9-5-6-20(17,18)7-9/h8-10H,3-7H2,1-2H3. The van der Waals surface area contributed by atoms with Crippen LogP contribution in [0.4, 0.5) is 0 Å². The van der Waals surface area contributed by atoms with Gasteiger partial charge in [0.1, 0.15) is 18.1 Å². The van der Waals surface area contributed by atoms with Crippen molar-refractivity contribution >= 4 is 15.8 Å². The molecule has 1 aliphatic rings. The number of rotatable bonds is 5. The van der Waals surface area contributed by atoms with E-state index in [1.807, 2.05) is 6.92 Å². The third-order valence-electron chi connectivity index (χ3n) is 3.50. The number of sulfone groups is 1. The van der Waals surface area contributed by atoms with Crippen LogP contribution in [0.5, 0.6) is 0 Å². The molecule has 8 heteroatoms. The zero-order valence-electron chi connectivity index (χ0n) is 11.7. The van der Waals surface area contributed by atoms with Crippen LogP contribution in [-0.2, 0) is 25.9 Å². The summed E-state index contributed by atoms with van der Waals surface area (Å²) in [5.74, 6) is -0.741. The molecule has 1 saturated heterocycles. The van der Waals surface area contributed by atoms with Gasteiger partial charge in [-0.15, -0.1) is 0 Å². The van der Waals surface area contributed by atoms with Gasteiger partial charge in [0.25, 0.3) is 0 Å². The average Bonchev–Trinajstić information content (AvgIpc) is 2.97. The Bertz CT molecular complexity index is 581. The van der Waals surface area contributed by atoms with Crippen molar-refractivity contribution in [3.05, 3.63) is 12.2 Å². The Morgan fingerprint density at radius 1 is 1.55 bits per heavy atom. The second-order valence-corrected chi connectivity index (χ2v) is 7.06. The summed E-state index contributed by atoms with van der Waals surface area (Å²) in [6, 6.07) is 0. The van der Waals surface area contributed by atoms with Gasteiger partial charge in [-0.3, -0.25) is 4.79 Å². The minimum Gasteiger partial charge on any atom is -0.465 e. The lowest BCUT2D eigenvalue weighted by Crippen LogP contribution is -2.28. The van der Waals surface area contributed by atoms with Gasteiger partial charge in [0.15, 0.2) is 9.84 Å². The fourth-order valence-electron chi connectivity index (χ4n) is 2.58. The largest absolute Gasteiger partial charge is 0.465 e. The van der Waals surface area contributed by atoms with E-state index in [0.29, 0.717) is 18.8 Å². The third kappa shape index (κ3) is 3.00. The molecule has 0 aliphatic carbocycles. The molecular formula is C12H19N3O4S. The summed E-state index contributed by atoms with van der Waals surface area (Å²) in [6.45, 7) is 4.45. The molecule has 0 N–H and O–H groups in total. The van der Waals surface area contributed by atoms with E-state index in [4.69, 9.17) is 4.74 Å². The van der Waals surface area contributed by atoms with Crippen LogP contribution in [0.25, 0.3) is 0 Å². The van der Waals surface area contributed by atoms with Crippen molar-refractivity contribution in [3.63, 3.8) is 0 Å². The lowest BCUT2D eigenvalue weighted by molar-refractivity contribution is -0.146. The summed E-state index contributed by atoms with van der Waals surface area (Å²) in [4.78, 5) is 16.3. The van der Waals surface area contributed by atoms with Gasteiger partial charge in [0, 0.05) is 6.54 Å². The summed E-state index contributed by atoms with van der Waals surface area (Å²) in [5, 5.41) is 4.05. The van der Waals surface area contributed by atoms with Crippen LogP contribution in [0.3, 0.4) is 0 Å². The van der Waals surface area contributed by atoms with Crippen molar-refractivity contribution in [1.29, 1.82) is 0 Å². The van der Waals surface area contributed by atoms with Gasteiger partial charge in [-0.1, -0.05) is 0 Å². The number of nitrogens with zero attached hydrogens (tertiary/aromatic N) is 3. The third-order valence-corrected chi connectivity index (χ3v) is 5.30. The highest BCUT2D eigenvalue weighted by Gasteiger charge is 2.41. The van der Waals surface area contributed by atoms with Gasteiger partial charge in [0.2, 0.25) is 0 Å². The summed E-state index contributed by atoms with van der Waals surface area (Å²) < 4.78 is 30.0. The SMILES string of the molecule is CCOC(=O)C(c1ncnn1CC)C1CCS(=O)(=O)C1. The molecule has 1 aliphatic heterocycles. The molecule has 2 unspecified atom stereocenters. The molecule has 1 fully saturated rings. The van der Waals surface area contributed by atoms with Crippen LogP contribution in [-0.4, -0.2) is 47.3 Å². The minimum atomic E-state index is -3.06. The van der Waals surface area contributed by atoms with Crippen LogP contribution in [0.15, 0.2) is 6.33 Å². The van der Waals surface area contributed by atoms with E-state index < -0.39 is 21.7 Å². The van der Waals surface area contributed by atoms with E-state index in [1.54, 1.807) is 11.6 Å². The fraction of sp³-hybridized carbons (Fsp3) is 0.750. The van der Waals surface area contributed by atoms with Crippen LogP contribution in [0, 0.1) is 5.92 Å². The number of hydrogen-bond acceptors (Lipinski definition) is 6. The van der Waals surface area contributed by atoms with Crippen LogP contribution >= 0.6 is 0 Å². The number of hydrogen-bond donors (Lipinski definition) is 0. The molecule has 0 radical (unpaired) electrons. The van der Waals surface area contributed by atoms with Crippen molar-refractivity contribution in [3.8, 4) is 0 Å². The molecule has 20 heavy (non-hydrogen) atoms. The van der Waals surface area contributed by atoms with E-state index in [-0.39, 0.29) is 24.0 Å². The van der Waals surface area contributed by atoms with Gasteiger partial charge < -0.3 is 4.74 Å². The first kappa shape index (κ1) is 15.0. The monoisotopic (exact) mass is 301 g/mol. The molecule has 0 amide bonds.